The molecule has 3 atom stereocenters. The van der Waals surface area contributed by atoms with Crippen molar-refractivity contribution in [2.24, 2.45) is 11.8 Å². The van der Waals surface area contributed by atoms with Crippen LogP contribution in [-0.4, -0.2) is 13.1 Å². The molecule has 1 aliphatic heterocycles. The van der Waals surface area contributed by atoms with Crippen molar-refractivity contribution in [1.82, 2.24) is 5.32 Å². The maximum absolute atomic E-state index is 3.50. The van der Waals surface area contributed by atoms with Gasteiger partial charge in [-0.1, -0.05) is 36.8 Å². The van der Waals surface area contributed by atoms with E-state index in [-0.39, 0.29) is 0 Å². The molecule has 1 saturated carbocycles. The molecule has 0 spiro atoms. The molecule has 1 aromatic carbocycles. The summed E-state index contributed by atoms with van der Waals surface area (Å²) in [7, 11) is 0. The minimum Gasteiger partial charge on any atom is -0.316 e. The van der Waals surface area contributed by atoms with Gasteiger partial charge in [0.15, 0.2) is 0 Å². The lowest BCUT2D eigenvalue weighted by molar-refractivity contribution is 0.502. The van der Waals surface area contributed by atoms with Gasteiger partial charge in [0, 0.05) is 5.41 Å². The smallest absolute Gasteiger partial charge is 0.00380 e. The highest BCUT2D eigenvalue weighted by Crippen LogP contribution is 2.63. The van der Waals surface area contributed by atoms with Crippen molar-refractivity contribution < 1.29 is 0 Å². The van der Waals surface area contributed by atoms with Gasteiger partial charge in [0.1, 0.15) is 0 Å². The third kappa shape index (κ3) is 1.13. The zero-order chi connectivity index (χ0) is 10.5. The summed E-state index contributed by atoms with van der Waals surface area (Å²) in [6.07, 6.45) is 1.30. The second-order valence-electron chi connectivity index (χ2n) is 5.13. The van der Waals surface area contributed by atoms with E-state index in [0.717, 1.165) is 11.8 Å². The Hall–Kier alpha value is -0.820. The van der Waals surface area contributed by atoms with Gasteiger partial charge < -0.3 is 5.32 Å². The van der Waals surface area contributed by atoms with Gasteiger partial charge in [0.05, 0.1) is 0 Å². The Morgan fingerprint density at radius 2 is 2.07 bits per heavy atom. The van der Waals surface area contributed by atoms with Crippen LogP contribution in [0.1, 0.15) is 24.5 Å². The first kappa shape index (κ1) is 9.41. The fourth-order valence-electron chi connectivity index (χ4n) is 3.74. The average molecular weight is 201 g/mol. The summed E-state index contributed by atoms with van der Waals surface area (Å²) < 4.78 is 0. The summed E-state index contributed by atoms with van der Waals surface area (Å²) in [6.45, 7) is 7.00. The highest BCUT2D eigenvalue weighted by atomic mass is 15.0. The number of benzene rings is 1. The molecule has 1 saturated heterocycles. The van der Waals surface area contributed by atoms with Gasteiger partial charge in [-0.25, -0.2) is 0 Å². The fourth-order valence-corrected chi connectivity index (χ4v) is 3.74. The van der Waals surface area contributed by atoms with Gasteiger partial charge in [0.2, 0.25) is 0 Å². The predicted octanol–water partition coefficient (Wildman–Crippen LogP) is 2.49. The number of rotatable bonds is 2. The Balaban J connectivity index is 1.99. The molecule has 1 unspecified atom stereocenters. The number of aryl methyl sites for hydroxylation is 1. The standard InChI is InChI=1S/C14H19N/c1-3-14(12-8-15-9-13(12)14)11-6-4-5-10(2)7-11/h4-7,12-13,15H,3,8-9H2,1-2H3/t12-,13+,14?. The third-order valence-corrected chi connectivity index (χ3v) is 4.57. The van der Waals surface area contributed by atoms with E-state index < -0.39 is 0 Å². The first-order chi connectivity index (χ1) is 7.29. The van der Waals surface area contributed by atoms with Crippen LogP contribution in [0.2, 0.25) is 0 Å². The molecule has 0 aromatic heterocycles. The lowest BCUT2D eigenvalue weighted by atomic mass is 9.87. The number of piperidine rings is 1. The van der Waals surface area contributed by atoms with Gasteiger partial charge in [-0.05, 0) is 43.8 Å². The van der Waals surface area contributed by atoms with Crippen LogP contribution in [0.3, 0.4) is 0 Å². The summed E-state index contributed by atoms with van der Waals surface area (Å²) >= 11 is 0. The van der Waals surface area contributed by atoms with Crippen LogP contribution in [0, 0.1) is 18.8 Å². The highest BCUT2D eigenvalue weighted by Gasteiger charge is 2.65. The Bertz CT molecular complexity index is 373. The van der Waals surface area contributed by atoms with E-state index in [2.05, 4.69) is 43.4 Å². The topological polar surface area (TPSA) is 12.0 Å². The van der Waals surface area contributed by atoms with Crippen molar-refractivity contribution in [1.29, 1.82) is 0 Å². The van der Waals surface area contributed by atoms with Crippen molar-refractivity contribution in [2.45, 2.75) is 25.7 Å². The van der Waals surface area contributed by atoms with Crippen LogP contribution in [0.15, 0.2) is 24.3 Å². The lowest BCUT2D eigenvalue weighted by Gasteiger charge is -2.20. The monoisotopic (exact) mass is 201 g/mol. The Morgan fingerprint density at radius 1 is 1.33 bits per heavy atom. The van der Waals surface area contributed by atoms with E-state index in [4.69, 9.17) is 0 Å². The molecule has 1 nitrogen and oxygen atoms in total. The summed E-state index contributed by atoms with van der Waals surface area (Å²) in [5, 5.41) is 3.50. The molecule has 1 heteroatoms. The van der Waals surface area contributed by atoms with Crippen molar-refractivity contribution in [3.8, 4) is 0 Å². The van der Waals surface area contributed by atoms with Gasteiger partial charge >= 0.3 is 0 Å². The molecule has 1 N–H and O–H groups in total. The Morgan fingerprint density at radius 3 is 2.67 bits per heavy atom. The second kappa shape index (κ2) is 3.08. The molecule has 1 aromatic rings. The largest absolute Gasteiger partial charge is 0.316 e. The Kier molecular flexibility index (Phi) is 1.93. The molecule has 0 bridgehead atoms. The normalized spacial score (nSPS) is 37.7. The van der Waals surface area contributed by atoms with Crippen molar-refractivity contribution >= 4 is 0 Å². The molecule has 2 fully saturated rings. The van der Waals surface area contributed by atoms with E-state index in [0.29, 0.717) is 5.41 Å². The maximum atomic E-state index is 3.50. The van der Waals surface area contributed by atoms with Gasteiger partial charge in [-0.3, -0.25) is 0 Å². The van der Waals surface area contributed by atoms with Crippen molar-refractivity contribution in [3.05, 3.63) is 35.4 Å². The summed E-state index contributed by atoms with van der Waals surface area (Å²) in [4.78, 5) is 0. The van der Waals surface area contributed by atoms with E-state index in [1.807, 2.05) is 0 Å². The fraction of sp³-hybridized carbons (Fsp3) is 0.571. The number of fused-ring (bicyclic) bond motifs is 1. The zero-order valence-corrected chi connectivity index (χ0v) is 9.59. The average Bonchev–Trinajstić information content (AvgIpc) is 2.62. The molecule has 0 radical (unpaired) electrons. The van der Waals surface area contributed by atoms with Gasteiger partial charge in [0.25, 0.3) is 0 Å². The van der Waals surface area contributed by atoms with Crippen LogP contribution in [-0.2, 0) is 5.41 Å². The van der Waals surface area contributed by atoms with Crippen LogP contribution < -0.4 is 5.32 Å². The molecular formula is C14H19N. The quantitative estimate of drug-likeness (QED) is 0.775. The number of nitrogens with one attached hydrogen (secondary N) is 1. The molecule has 1 aliphatic carbocycles. The SMILES string of the molecule is CCC1(c2cccc(C)c2)[C@@H]2CNC[C@@H]21. The Labute approximate surface area is 91.9 Å². The molecular weight excluding hydrogens is 182 g/mol. The van der Waals surface area contributed by atoms with Gasteiger partial charge in [-0.2, -0.15) is 0 Å². The first-order valence-electron chi connectivity index (χ1n) is 6.07. The van der Waals surface area contributed by atoms with Crippen molar-refractivity contribution in [3.63, 3.8) is 0 Å². The number of hydrogen-bond acceptors (Lipinski definition) is 1. The van der Waals surface area contributed by atoms with E-state index in [1.165, 1.54) is 25.1 Å². The van der Waals surface area contributed by atoms with E-state index >= 15 is 0 Å². The molecule has 15 heavy (non-hydrogen) atoms. The van der Waals surface area contributed by atoms with Crippen LogP contribution >= 0.6 is 0 Å². The molecule has 0 amide bonds. The molecule has 80 valence electrons. The van der Waals surface area contributed by atoms with Gasteiger partial charge in [-0.15, -0.1) is 0 Å². The minimum atomic E-state index is 0.525. The predicted molar refractivity (Wildman–Crippen MR) is 63.0 cm³/mol. The third-order valence-electron chi connectivity index (χ3n) is 4.57. The molecule has 2 aliphatic rings. The van der Waals surface area contributed by atoms with Crippen molar-refractivity contribution in [2.75, 3.05) is 13.1 Å². The highest BCUT2D eigenvalue weighted by molar-refractivity contribution is 5.40. The van der Waals surface area contributed by atoms with E-state index in [9.17, 15) is 0 Å². The van der Waals surface area contributed by atoms with Crippen LogP contribution in [0.25, 0.3) is 0 Å². The van der Waals surface area contributed by atoms with Crippen LogP contribution in [0.5, 0.6) is 0 Å². The van der Waals surface area contributed by atoms with Crippen LogP contribution in [0.4, 0.5) is 0 Å². The minimum absolute atomic E-state index is 0.525. The first-order valence-corrected chi connectivity index (χ1v) is 6.07. The zero-order valence-electron chi connectivity index (χ0n) is 9.59. The van der Waals surface area contributed by atoms with E-state index in [1.54, 1.807) is 5.56 Å². The summed E-state index contributed by atoms with van der Waals surface area (Å²) in [5.41, 5.74) is 3.51. The summed E-state index contributed by atoms with van der Waals surface area (Å²) in [5.74, 6) is 1.81. The lowest BCUT2D eigenvalue weighted by Crippen LogP contribution is -2.24. The molecule has 3 rings (SSSR count). The molecule has 1 heterocycles. The number of hydrogen-bond donors (Lipinski definition) is 1. The summed E-state index contributed by atoms with van der Waals surface area (Å²) in [6, 6.07) is 9.13. The maximum Gasteiger partial charge on any atom is 0.00380 e. The second-order valence-corrected chi connectivity index (χ2v) is 5.13.